The SMILES string of the molecule is C=N/C(=C\C(=N/COc1ccc2[nH]c(C)cc2c1)N1CCN(C)CC1)Nc1cc(C(C)(C)C)on1.CC. The molecule has 1 aromatic carbocycles. The first kappa shape index (κ1) is 28.0. The molecule has 0 amide bonds. The van der Waals surface area contributed by atoms with Gasteiger partial charge in [-0.1, -0.05) is 39.8 Å². The third-order valence-corrected chi connectivity index (χ3v) is 5.95. The average molecular weight is 508 g/mol. The van der Waals surface area contributed by atoms with Gasteiger partial charge in [-0.25, -0.2) is 9.98 Å². The zero-order valence-corrected chi connectivity index (χ0v) is 23.3. The molecule has 0 saturated carbocycles. The predicted molar refractivity (Wildman–Crippen MR) is 153 cm³/mol. The molecule has 3 aromatic rings. The third kappa shape index (κ3) is 7.69. The van der Waals surface area contributed by atoms with Crippen LogP contribution in [0.3, 0.4) is 0 Å². The number of aromatic nitrogens is 2. The molecular formula is C28H41N7O2. The van der Waals surface area contributed by atoms with E-state index in [0.29, 0.717) is 11.6 Å². The van der Waals surface area contributed by atoms with E-state index in [1.54, 1.807) is 0 Å². The minimum Gasteiger partial charge on any atom is -0.471 e. The predicted octanol–water partition coefficient (Wildman–Crippen LogP) is 5.42. The molecule has 1 aliphatic heterocycles. The number of H-pyrrole nitrogens is 1. The fourth-order valence-corrected chi connectivity index (χ4v) is 3.85. The van der Waals surface area contributed by atoms with Crippen molar-refractivity contribution in [3.8, 4) is 5.75 Å². The molecule has 2 N–H and O–H groups in total. The van der Waals surface area contributed by atoms with E-state index in [1.807, 2.05) is 51.1 Å². The molecule has 200 valence electrons. The van der Waals surface area contributed by atoms with Gasteiger partial charge in [0, 0.05) is 60.3 Å². The summed E-state index contributed by atoms with van der Waals surface area (Å²) in [4.78, 5) is 16.8. The fraction of sp³-hybridized carbons (Fsp3) is 0.464. The molecule has 0 unspecified atom stereocenters. The first-order valence-corrected chi connectivity index (χ1v) is 12.8. The van der Waals surface area contributed by atoms with Crippen LogP contribution in [0.2, 0.25) is 0 Å². The molecule has 1 fully saturated rings. The molecule has 4 rings (SSSR count). The molecule has 0 radical (unpaired) electrons. The highest BCUT2D eigenvalue weighted by Crippen LogP contribution is 2.25. The number of nitrogens with zero attached hydrogens (tertiary/aromatic N) is 5. The van der Waals surface area contributed by atoms with E-state index < -0.39 is 0 Å². The Bertz CT molecular complexity index is 1220. The lowest BCUT2D eigenvalue weighted by Crippen LogP contribution is -2.47. The van der Waals surface area contributed by atoms with Gasteiger partial charge in [-0.05, 0) is 45.0 Å². The molecule has 0 aliphatic carbocycles. The summed E-state index contributed by atoms with van der Waals surface area (Å²) in [5.74, 6) is 3.48. The van der Waals surface area contributed by atoms with Gasteiger partial charge in [0.25, 0.3) is 0 Å². The molecule has 0 bridgehead atoms. The van der Waals surface area contributed by atoms with Gasteiger partial charge in [-0.3, -0.25) is 0 Å². The molecule has 0 atom stereocenters. The Labute approximate surface area is 220 Å². The van der Waals surface area contributed by atoms with Gasteiger partial charge in [-0.2, -0.15) is 0 Å². The van der Waals surface area contributed by atoms with Crippen LogP contribution < -0.4 is 10.1 Å². The smallest absolute Gasteiger partial charge is 0.181 e. The van der Waals surface area contributed by atoms with E-state index in [4.69, 9.17) is 14.3 Å². The van der Waals surface area contributed by atoms with Gasteiger partial charge in [-0.15, -0.1) is 0 Å². The number of aliphatic imine (C=N–C) groups is 2. The van der Waals surface area contributed by atoms with Crippen molar-refractivity contribution in [1.29, 1.82) is 0 Å². The van der Waals surface area contributed by atoms with Crippen LogP contribution in [0.5, 0.6) is 5.75 Å². The van der Waals surface area contributed by atoms with Crippen LogP contribution in [0.15, 0.2) is 56.7 Å². The number of ether oxygens (including phenoxy) is 1. The molecule has 37 heavy (non-hydrogen) atoms. The van der Waals surface area contributed by atoms with E-state index in [2.05, 4.69) is 70.9 Å². The number of likely N-dealkylation sites (N-methyl/N-ethyl adjacent to an activating group) is 1. The molecule has 3 heterocycles. The van der Waals surface area contributed by atoms with E-state index in [-0.39, 0.29) is 12.1 Å². The van der Waals surface area contributed by atoms with Crippen LogP contribution in [-0.4, -0.2) is 72.5 Å². The molecule has 9 nitrogen and oxygen atoms in total. The standard InChI is InChI=1S/C26H35N7O2.C2H6/c1-18-13-19-14-20(7-8-21(19)29-18)34-17-28-25(33-11-9-32(6)10-12-33)16-23(27-5)30-24-15-22(35-31-24)26(2,3)4;1-2/h7-8,13-16,29H,5,9-12,17H2,1-4,6H3,(H,30,31);1-2H3/b23-16+,28-25+;. The van der Waals surface area contributed by atoms with Crippen LogP contribution in [0.4, 0.5) is 5.82 Å². The Morgan fingerprint density at radius 2 is 1.92 bits per heavy atom. The van der Waals surface area contributed by atoms with Crippen LogP contribution >= 0.6 is 0 Å². The maximum Gasteiger partial charge on any atom is 0.181 e. The molecule has 9 heteroatoms. The van der Waals surface area contributed by atoms with Crippen molar-refractivity contribution < 1.29 is 9.26 Å². The van der Waals surface area contributed by atoms with Crippen molar-refractivity contribution in [2.24, 2.45) is 9.98 Å². The summed E-state index contributed by atoms with van der Waals surface area (Å²) >= 11 is 0. The summed E-state index contributed by atoms with van der Waals surface area (Å²) in [7, 11) is 2.13. The van der Waals surface area contributed by atoms with Crippen molar-refractivity contribution in [3.63, 3.8) is 0 Å². The molecule has 2 aromatic heterocycles. The summed E-state index contributed by atoms with van der Waals surface area (Å²) in [6, 6.07) is 9.99. The van der Waals surface area contributed by atoms with Gasteiger partial charge in [0.05, 0.1) is 0 Å². The Kier molecular flexibility index (Phi) is 9.52. The van der Waals surface area contributed by atoms with Crippen LogP contribution in [0, 0.1) is 6.92 Å². The minimum atomic E-state index is -0.135. The monoisotopic (exact) mass is 507 g/mol. The van der Waals surface area contributed by atoms with Gasteiger partial charge in [0.2, 0.25) is 0 Å². The first-order chi connectivity index (χ1) is 17.7. The van der Waals surface area contributed by atoms with Gasteiger partial charge in [0.15, 0.2) is 12.5 Å². The Morgan fingerprint density at radius 1 is 1.19 bits per heavy atom. The molecule has 0 spiro atoms. The lowest BCUT2D eigenvalue weighted by atomic mass is 9.93. The second-order valence-corrected chi connectivity index (χ2v) is 9.92. The number of aromatic amines is 1. The van der Waals surface area contributed by atoms with E-state index in [9.17, 15) is 0 Å². The second kappa shape index (κ2) is 12.6. The summed E-state index contributed by atoms with van der Waals surface area (Å²) in [5.41, 5.74) is 2.08. The summed E-state index contributed by atoms with van der Waals surface area (Å²) in [5, 5.41) is 8.44. The van der Waals surface area contributed by atoms with Gasteiger partial charge >= 0.3 is 0 Å². The highest BCUT2D eigenvalue weighted by atomic mass is 16.5. The highest BCUT2D eigenvalue weighted by Gasteiger charge is 2.21. The van der Waals surface area contributed by atoms with Crippen molar-refractivity contribution in [2.45, 2.75) is 47.0 Å². The number of benzene rings is 1. The topological polar surface area (TPSA) is 94.3 Å². The van der Waals surface area contributed by atoms with Crippen LogP contribution in [-0.2, 0) is 5.41 Å². The number of aryl methyl sites for hydroxylation is 1. The number of piperazine rings is 1. The lowest BCUT2D eigenvalue weighted by Gasteiger charge is -2.33. The molecule has 1 saturated heterocycles. The number of hydrogen-bond acceptors (Lipinski definition) is 7. The van der Waals surface area contributed by atoms with Crippen molar-refractivity contribution in [1.82, 2.24) is 19.9 Å². The molecule has 1 aliphatic rings. The van der Waals surface area contributed by atoms with Crippen molar-refractivity contribution >= 4 is 29.3 Å². The highest BCUT2D eigenvalue weighted by molar-refractivity contribution is 5.94. The van der Waals surface area contributed by atoms with Gasteiger partial charge < -0.3 is 29.4 Å². The van der Waals surface area contributed by atoms with Gasteiger partial charge in [0.1, 0.15) is 23.2 Å². The first-order valence-electron chi connectivity index (χ1n) is 12.8. The van der Waals surface area contributed by atoms with E-state index >= 15 is 0 Å². The minimum absolute atomic E-state index is 0.135. The zero-order chi connectivity index (χ0) is 27.0. The quantitative estimate of drug-likeness (QED) is 0.327. The third-order valence-electron chi connectivity index (χ3n) is 5.95. The fourth-order valence-electron chi connectivity index (χ4n) is 3.85. The van der Waals surface area contributed by atoms with Crippen molar-refractivity contribution in [2.75, 3.05) is 45.3 Å². The van der Waals surface area contributed by atoms with E-state index in [1.165, 1.54) is 0 Å². The maximum atomic E-state index is 5.98. The maximum absolute atomic E-state index is 5.98. The largest absolute Gasteiger partial charge is 0.471 e. The average Bonchev–Trinajstić information content (AvgIpc) is 3.50. The second-order valence-electron chi connectivity index (χ2n) is 9.92. The Balaban J connectivity index is 0.00000186. The van der Waals surface area contributed by atoms with E-state index in [0.717, 1.165) is 60.1 Å². The normalized spacial score (nSPS) is 15.4. The van der Waals surface area contributed by atoms with Crippen molar-refractivity contribution in [3.05, 3.63) is 53.7 Å². The number of anilines is 1. The number of rotatable bonds is 7. The summed E-state index contributed by atoms with van der Waals surface area (Å²) < 4.78 is 11.5. The summed E-state index contributed by atoms with van der Waals surface area (Å²) in [6.45, 7) is 19.8. The number of amidine groups is 1. The molecular weight excluding hydrogens is 466 g/mol. The lowest BCUT2D eigenvalue weighted by molar-refractivity contribution is 0.214. The van der Waals surface area contributed by atoms with Crippen LogP contribution in [0.1, 0.15) is 46.1 Å². The van der Waals surface area contributed by atoms with Crippen LogP contribution in [0.25, 0.3) is 10.9 Å². The number of nitrogens with one attached hydrogen (secondary N) is 2. The Hall–Kier alpha value is -3.59. The Morgan fingerprint density at radius 3 is 2.57 bits per heavy atom. The number of fused-ring (bicyclic) bond motifs is 1. The summed E-state index contributed by atoms with van der Waals surface area (Å²) in [6.07, 6.45) is 1.88. The number of hydrogen-bond donors (Lipinski definition) is 2. The zero-order valence-electron chi connectivity index (χ0n) is 23.3.